The van der Waals surface area contributed by atoms with Gasteiger partial charge < -0.3 is 19.6 Å². The van der Waals surface area contributed by atoms with Crippen molar-refractivity contribution >= 4 is 40.0 Å². The van der Waals surface area contributed by atoms with Crippen molar-refractivity contribution < 1.29 is 14.0 Å². The summed E-state index contributed by atoms with van der Waals surface area (Å²) >= 11 is 2.76. The van der Waals surface area contributed by atoms with Crippen LogP contribution in [-0.4, -0.2) is 36.8 Å². The first-order valence-corrected chi connectivity index (χ1v) is 10.7. The van der Waals surface area contributed by atoms with Gasteiger partial charge in [0.05, 0.1) is 23.8 Å². The fourth-order valence-electron chi connectivity index (χ4n) is 2.45. The largest absolute Gasteiger partial charge is 0.459 e. The highest BCUT2D eigenvalue weighted by Crippen LogP contribution is 2.25. The second kappa shape index (κ2) is 9.23. The highest BCUT2D eigenvalue weighted by molar-refractivity contribution is 8.00. The second-order valence-corrected chi connectivity index (χ2v) is 8.72. The van der Waals surface area contributed by atoms with Crippen LogP contribution in [-0.2, 0) is 17.9 Å². The minimum Gasteiger partial charge on any atom is -0.459 e. The molecule has 2 N–H and O–H groups in total. The summed E-state index contributed by atoms with van der Waals surface area (Å²) in [6, 6.07) is 3.24. The van der Waals surface area contributed by atoms with Crippen LogP contribution >= 0.6 is 23.1 Å². The predicted octanol–water partition coefficient (Wildman–Crippen LogP) is 3.01. The van der Waals surface area contributed by atoms with E-state index in [1.165, 1.54) is 29.4 Å². The van der Waals surface area contributed by atoms with Crippen molar-refractivity contribution in [2.24, 2.45) is 0 Å². The molecule has 3 heterocycles. The number of carbonyl (C=O) groups is 2. The van der Waals surface area contributed by atoms with Crippen LogP contribution in [0.25, 0.3) is 0 Å². The Kier molecular flexibility index (Phi) is 6.70. The lowest BCUT2D eigenvalue weighted by Crippen LogP contribution is -2.25. The maximum atomic E-state index is 12.5. The number of rotatable bonds is 8. The van der Waals surface area contributed by atoms with Gasteiger partial charge in [0.15, 0.2) is 21.9 Å². The Labute approximate surface area is 176 Å². The van der Waals surface area contributed by atoms with Gasteiger partial charge in [-0.15, -0.1) is 21.5 Å². The zero-order chi connectivity index (χ0) is 21.0. The Balaban J connectivity index is 1.61. The number of amides is 2. The predicted molar refractivity (Wildman–Crippen MR) is 111 cm³/mol. The molecule has 29 heavy (non-hydrogen) atoms. The summed E-state index contributed by atoms with van der Waals surface area (Å²) in [6.07, 6.45) is 1.44. The van der Waals surface area contributed by atoms with Crippen molar-refractivity contribution in [3.8, 4) is 0 Å². The number of aromatic nitrogens is 4. The number of nitrogens with one attached hydrogen (secondary N) is 2. The molecule has 0 spiro atoms. The SMILES string of the molecule is CCn1c(CNC(=O)c2ccco2)nnc1S[C@H](C)C(=O)Nc1nc(C)c(C)s1. The summed E-state index contributed by atoms with van der Waals surface area (Å²) in [5, 5.41) is 14.8. The lowest BCUT2D eigenvalue weighted by molar-refractivity contribution is -0.115. The quantitative estimate of drug-likeness (QED) is 0.524. The number of thioether (sulfide) groups is 1. The van der Waals surface area contributed by atoms with E-state index in [0.29, 0.717) is 22.7 Å². The normalized spacial score (nSPS) is 12.0. The summed E-state index contributed by atoms with van der Waals surface area (Å²) in [5.74, 6) is 0.368. The van der Waals surface area contributed by atoms with Crippen molar-refractivity contribution in [2.75, 3.05) is 5.32 Å². The summed E-state index contributed by atoms with van der Waals surface area (Å²) in [6.45, 7) is 8.46. The van der Waals surface area contributed by atoms with E-state index in [1.807, 2.05) is 25.3 Å². The van der Waals surface area contributed by atoms with Gasteiger partial charge in [0.1, 0.15) is 0 Å². The van der Waals surface area contributed by atoms with Crippen LogP contribution in [0, 0.1) is 13.8 Å². The van der Waals surface area contributed by atoms with E-state index in [-0.39, 0.29) is 29.4 Å². The molecule has 0 unspecified atom stereocenters. The average Bonchev–Trinajstić information content (AvgIpc) is 3.41. The number of anilines is 1. The van der Waals surface area contributed by atoms with Gasteiger partial charge in [-0.25, -0.2) is 4.98 Å². The Morgan fingerprint density at radius 1 is 1.34 bits per heavy atom. The van der Waals surface area contributed by atoms with Crippen LogP contribution in [0.15, 0.2) is 28.0 Å². The van der Waals surface area contributed by atoms with Gasteiger partial charge in [0.25, 0.3) is 5.91 Å². The van der Waals surface area contributed by atoms with Crippen LogP contribution < -0.4 is 10.6 Å². The van der Waals surface area contributed by atoms with E-state index in [0.717, 1.165) is 10.6 Å². The smallest absolute Gasteiger partial charge is 0.287 e. The van der Waals surface area contributed by atoms with E-state index < -0.39 is 0 Å². The fraction of sp³-hybridized carbons (Fsp3) is 0.389. The summed E-state index contributed by atoms with van der Waals surface area (Å²) in [7, 11) is 0. The zero-order valence-electron chi connectivity index (χ0n) is 16.6. The molecule has 3 rings (SSSR count). The molecule has 0 aliphatic carbocycles. The molecule has 0 aliphatic rings. The molecule has 0 fully saturated rings. The Bertz CT molecular complexity index is 976. The molecular formula is C18H22N6O3S2. The van der Waals surface area contributed by atoms with Crippen molar-refractivity contribution in [3.63, 3.8) is 0 Å². The molecule has 2 amide bonds. The lowest BCUT2D eigenvalue weighted by Gasteiger charge is -2.11. The van der Waals surface area contributed by atoms with Gasteiger partial charge >= 0.3 is 0 Å². The number of furan rings is 1. The molecule has 0 aromatic carbocycles. The van der Waals surface area contributed by atoms with E-state index in [1.54, 1.807) is 19.1 Å². The number of aryl methyl sites for hydroxylation is 2. The van der Waals surface area contributed by atoms with E-state index >= 15 is 0 Å². The van der Waals surface area contributed by atoms with Gasteiger partial charge in [0, 0.05) is 11.4 Å². The average molecular weight is 435 g/mol. The van der Waals surface area contributed by atoms with Crippen molar-refractivity contribution in [1.82, 2.24) is 25.1 Å². The Morgan fingerprint density at radius 3 is 2.76 bits per heavy atom. The number of hydrogen-bond donors (Lipinski definition) is 2. The molecule has 0 saturated carbocycles. The summed E-state index contributed by atoms with van der Waals surface area (Å²) in [4.78, 5) is 29.9. The Morgan fingerprint density at radius 2 is 2.14 bits per heavy atom. The van der Waals surface area contributed by atoms with Gasteiger partial charge in [-0.3, -0.25) is 9.59 Å². The van der Waals surface area contributed by atoms with E-state index in [9.17, 15) is 9.59 Å². The van der Waals surface area contributed by atoms with Crippen LogP contribution in [0.4, 0.5) is 5.13 Å². The molecule has 0 bridgehead atoms. The standard InChI is InChI=1S/C18H22N6O3S2/c1-5-24-14(9-19-16(26)13-7-6-8-27-13)22-23-18(24)29-12(4)15(25)21-17-20-10(2)11(3)28-17/h6-8,12H,5,9H2,1-4H3,(H,19,26)(H,20,21,25)/t12-/m1/s1. The van der Waals surface area contributed by atoms with Gasteiger partial charge in [-0.2, -0.15) is 0 Å². The molecule has 0 aliphatic heterocycles. The topological polar surface area (TPSA) is 115 Å². The van der Waals surface area contributed by atoms with Crippen molar-refractivity contribution in [3.05, 3.63) is 40.6 Å². The van der Waals surface area contributed by atoms with Crippen LogP contribution in [0.5, 0.6) is 0 Å². The molecule has 154 valence electrons. The molecule has 11 heteroatoms. The number of nitrogens with zero attached hydrogens (tertiary/aromatic N) is 4. The molecule has 9 nitrogen and oxygen atoms in total. The third kappa shape index (κ3) is 5.04. The number of carbonyl (C=O) groups excluding carboxylic acids is 2. The van der Waals surface area contributed by atoms with Gasteiger partial charge in [-0.1, -0.05) is 11.8 Å². The first kappa shape index (κ1) is 21.1. The molecule has 1 atom stereocenters. The van der Waals surface area contributed by atoms with Crippen LogP contribution in [0.3, 0.4) is 0 Å². The maximum Gasteiger partial charge on any atom is 0.287 e. The minimum absolute atomic E-state index is 0.151. The maximum absolute atomic E-state index is 12.5. The summed E-state index contributed by atoms with van der Waals surface area (Å²) in [5.41, 5.74) is 0.914. The number of hydrogen-bond acceptors (Lipinski definition) is 8. The highest BCUT2D eigenvalue weighted by Gasteiger charge is 2.21. The van der Waals surface area contributed by atoms with Gasteiger partial charge in [0.2, 0.25) is 5.91 Å². The van der Waals surface area contributed by atoms with Crippen LogP contribution in [0.1, 0.15) is 40.8 Å². The van der Waals surface area contributed by atoms with E-state index in [4.69, 9.17) is 4.42 Å². The van der Waals surface area contributed by atoms with Crippen molar-refractivity contribution in [1.29, 1.82) is 0 Å². The third-order valence-electron chi connectivity index (χ3n) is 4.17. The molecule has 3 aromatic rings. The second-order valence-electron chi connectivity index (χ2n) is 6.21. The summed E-state index contributed by atoms with van der Waals surface area (Å²) < 4.78 is 6.94. The molecule has 3 aromatic heterocycles. The monoisotopic (exact) mass is 434 g/mol. The number of thiazole rings is 1. The first-order valence-electron chi connectivity index (χ1n) is 9.04. The Hall–Kier alpha value is -2.66. The van der Waals surface area contributed by atoms with Crippen LogP contribution in [0.2, 0.25) is 0 Å². The molecule has 0 saturated heterocycles. The first-order chi connectivity index (χ1) is 13.9. The zero-order valence-corrected chi connectivity index (χ0v) is 18.2. The molecular weight excluding hydrogens is 412 g/mol. The van der Waals surface area contributed by atoms with Gasteiger partial charge in [-0.05, 0) is 39.8 Å². The molecule has 0 radical (unpaired) electrons. The lowest BCUT2D eigenvalue weighted by atomic mass is 10.4. The highest BCUT2D eigenvalue weighted by atomic mass is 32.2. The third-order valence-corrected chi connectivity index (χ3v) is 6.24. The fourth-order valence-corrected chi connectivity index (χ4v) is 4.20. The van der Waals surface area contributed by atoms with E-state index in [2.05, 4.69) is 25.8 Å². The minimum atomic E-state index is -0.389. The van der Waals surface area contributed by atoms with Crippen molar-refractivity contribution in [2.45, 2.75) is 51.2 Å².